The molecule has 7 heteroatoms. The molecule has 3 heterocycles. The number of allylic oxidation sites excluding steroid dienone is 2. The van der Waals surface area contributed by atoms with Gasteiger partial charge in [-0.2, -0.15) is 0 Å². The monoisotopic (exact) mass is 476 g/mol. The molecule has 2 aliphatic rings. The standard InChI is InChI=1S/C23H25BBrF3N2/c1-7-16-12(3)22-20(18-10-9-11-19(25)21(18)26)23-13(4)17(8-2)15(6)30(23)24(27,28)29(22)14(16)5/h9-11H,7-8H2,1-6H3. The first-order chi connectivity index (χ1) is 14.1. The van der Waals surface area contributed by atoms with E-state index in [1.165, 1.54) is 8.96 Å². The zero-order valence-corrected chi connectivity index (χ0v) is 19.7. The number of benzene rings is 1. The second-order valence-corrected chi connectivity index (χ2v) is 8.94. The van der Waals surface area contributed by atoms with Crippen molar-refractivity contribution in [3.63, 3.8) is 0 Å². The average Bonchev–Trinajstić information content (AvgIpc) is 3.10. The Hall–Kier alpha value is -2.02. The fourth-order valence-corrected chi connectivity index (χ4v) is 5.80. The summed E-state index contributed by atoms with van der Waals surface area (Å²) in [7, 11) is 0. The van der Waals surface area contributed by atoms with Crippen LogP contribution in [-0.2, 0) is 6.42 Å². The van der Waals surface area contributed by atoms with Gasteiger partial charge in [0.05, 0.1) is 10.0 Å². The van der Waals surface area contributed by atoms with Crippen molar-refractivity contribution < 1.29 is 17.5 Å². The summed E-state index contributed by atoms with van der Waals surface area (Å²) in [6.07, 6.45) is 1.29. The van der Waals surface area contributed by atoms with Crippen LogP contribution in [0.4, 0.5) is 13.0 Å². The van der Waals surface area contributed by atoms with Crippen LogP contribution in [0.25, 0.3) is 5.57 Å². The first-order valence-electron chi connectivity index (χ1n) is 10.3. The molecule has 0 saturated carbocycles. The van der Waals surface area contributed by atoms with Gasteiger partial charge in [-0.15, -0.1) is 0 Å². The fourth-order valence-electron chi connectivity index (χ4n) is 5.43. The molecule has 0 amide bonds. The topological polar surface area (TPSA) is 7.94 Å². The van der Waals surface area contributed by atoms with Crippen LogP contribution in [0.2, 0.25) is 0 Å². The lowest BCUT2D eigenvalue weighted by molar-refractivity contribution is -0.363. The third-order valence-corrected chi connectivity index (χ3v) is 7.33. The summed E-state index contributed by atoms with van der Waals surface area (Å²) in [5.41, 5.74) is 6.25. The lowest BCUT2D eigenvalue weighted by atomic mass is 9.83. The molecule has 2 aromatic rings. The molecule has 1 aromatic carbocycles. The van der Waals surface area contributed by atoms with Gasteiger partial charge >= 0.3 is 6.97 Å². The van der Waals surface area contributed by atoms with E-state index in [9.17, 15) is 0 Å². The highest BCUT2D eigenvalue weighted by molar-refractivity contribution is 9.10. The van der Waals surface area contributed by atoms with Crippen LogP contribution in [0.5, 0.6) is 0 Å². The predicted molar refractivity (Wildman–Crippen MR) is 121 cm³/mol. The maximum absolute atomic E-state index is 16.1. The minimum atomic E-state index is -4.10. The minimum absolute atomic E-state index is 0.321. The molecule has 2 nitrogen and oxygen atoms in total. The van der Waals surface area contributed by atoms with Gasteiger partial charge in [-0.05, 0) is 72.4 Å². The minimum Gasteiger partial charge on any atom is -0.393 e. The molecule has 4 rings (SSSR count). The lowest BCUT2D eigenvalue weighted by Gasteiger charge is -2.34. The van der Waals surface area contributed by atoms with Crippen molar-refractivity contribution in [3.05, 3.63) is 73.4 Å². The second kappa shape index (κ2) is 7.01. The largest absolute Gasteiger partial charge is 0.737 e. The average molecular weight is 477 g/mol. The SMILES string of the molecule is CCC1=C(C)C2=C(c3cccc(Br)c3F)c3c(C)c(CC)c(C)n3[B-](F)(F)[N+]2=C1C. The van der Waals surface area contributed by atoms with Crippen molar-refractivity contribution >= 4 is 34.2 Å². The Labute approximate surface area is 184 Å². The highest BCUT2D eigenvalue weighted by Gasteiger charge is 2.56. The van der Waals surface area contributed by atoms with E-state index in [1.54, 1.807) is 32.0 Å². The van der Waals surface area contributed by atoms with Gasteiger partial charge in [-0.3, -0.25) is 0 Å². The number of halogens is 4. The van der Waals surface area contributed by atoms with Crippen molar-refractivity contribution in [1.29, 1.82) is 0 Å². The van der Waals surface area contributed by atoms with E-state index in [2.05, 4.69) is 15.9 Å². The highest BCUT2D eigenvalue weighted by Crippen LogP contribution is 2.47. The summed E-state index contributed by atoms with van der Waals surface area (Å²) < 4.78 is 50.2. The van der Waals surface area contributed by atoms with E-state index >= 15 is 13.0 Å². The molecule has 0 bridgehead atoms. The predicted octanol–water partition coefficient (Wildman–Crippen LogP) is 6.78. The van der Waals surface area contributed by atoms with E-state index in [-0.39, 0.29) is 0 Å². The van der Waals surface area contributed by atoms with Gasteiger partial charge in [-0.1, -0.05) is 26.0 Å². The zero-order valence-electron chi connectivity index (χ0n) is 18.1. The summed E-state index contributed by atoms with van der Waals surface area (Å²) in [6, 6.07) is 5.06. The van der Waals surface area contributed by atoms with Crippen LogP contribution in [0.15, 0.2) is 39.5 Å². The van der Waals surface area contributed by atoms with E-state index in [0.29, 0.717) is 51.2 Å². The van der Waals surface area contributed by atoms with E-state index in [4.69, 9.17) is 0 Å². The van der Waals surface area contributed by atoms with Crippen LogP contribution in [0, 0.1) is 19.7 Å². The molecule has 0 saturated heterocycles. The van der Waals surface area contributed by atoms with Gasteiger partial charge in [0.15, 0.2) is 5.70 Å². The Balaban J connectivity index is 2.27. The quantitative estimate of drug-likeness (QED) is 0.431. The first kappa shape index (κ1) is 21.2. The Bertz CT molecular complexity index is 1200. The smallest absolute Gasteiger partial charge is 0.393 e. The maximum Gasteiger partial charge on any atom is 0.737 e. The molecule has 2 aliphatic heterocycles. The molecular formula is C23H25BBrF3N2. The van der Waals surface area contributed by atoms with Gasteiger partial charge in [0, 0.05) is 29.3 Å². The fraction of sp³-hybridized carbons (Fsp3) is 0.348. The number of rotatable bonds is 3. The van der Waals surface area contributed by atoms with Crippen molar-refractivity contribution in [2.24, 2.45) is 0 Å². The summed E-state index contributed by atoms with van der Waals surface area (Å²) in [5, 5.41) is 0. The Kier molecular flexibility index (Phi) is 4.96. The summed E-state index contributed by atoms with van der Waals surface area (Å²) in [6.45, 7) is 7.09. The number of hydrogen-bond donors (Lipinski definition) is 0. The summed E-state index contributed by atoms with van der Waals surface area (Å²) >= 11 is 3.27. The van der Waals surface area contributed by atoms with Crippen molar-refractivity contribution in [1.82, 2.24) is 4.48 Å². The third-order valence-electron chi connectivity index (χ3n) is 6.72. The molecule has 1 aromatic heterocycles. The Morgan fingerprint density at radius 3 is 2.33 bits per heavy atom. The van der Waals surface area contributed by atoms with Gasteiger partial charge < -0.3 is 17.6 Å². The van der Waals surface area contributed by atoms with Gasteiger partial charge in [-0.25, -0.2) is 4.39 Å². The number of fused-ring (bicyclic) bond motifs is 2. The molecule has 158 valence electrons. The van der Waals surface area contributed by atoms with Crippen molar-refractivity contribution in [2.45, 2.75) is 54.4 Å². The summed E-state index contributed by atoms with van der Waals surface area (Å²) in [5.74, 6) is -0.434. The molecule has 0 atom stereocenters. The number of aromatic nitrogens is 1. The molecule has 0 fully saturated rings. The van der Waals surface area contributed by atoms with Crippen LogP contribution >= 0.6 is 15.9 Å². The number of hydrogen-bond acceptors (Lipinski definition) is 0. The van der Waals surface area contributed by atoms with E-state index in [1.807, 2.05) is 27.7 Å². The molecule has 0 spiro atoms. The molecule has 30 heavy (non-hydrogen) atoms. The van der Waals surface area contributed by atoms with E-state index in [0.717, 1.165) is 22.3 Å². The van der Waals surface area contributed by atoms with Crippen LogP contribution in [0.3, 0.4) is 0 Å². The molecule has 0 N–H and O–H groups in total. The lowest BCUT2D eigenvalue weighted by Crippen LogP contribution is -2.51. The van der Waals surface area contributed by atoms with Crippen LogP contribution in [0.1, 0.15) is 62.2 Å². The molecule has 0 aliphatic carbocycles. The molecule has 0 unspecified atom stereocenters. The van der Waals surface area contributed by atoms with E-state index < -0.39 is 12.8 Å². The number of nitrogens with zero attached hydrogens (tertiary/aromatic N) is 2. The van der Waals surface area contributed by atoms with Crippen LogP contribution < -0.4 is 0 Å². The first-order valence-corrected chi connectivity index (χ1v) is 11.1. The second-order valence-electron chi connectivity index (χ2n) is 8.09. The third kappa shape index (κ3) is 2.54. The van der Waals surface area contributed by atoms with Crippen molar-refractivity contribution in [2.75, 3.05) is 0 Å². The normalized spacial score (nSPS) is 17.8. The highest BCUT2D eigenvalue weighted by atomic mass is 79.9. The van der Waals surface area contributed by atoms with Gasteiger partial charge in [0.1, 0.15) is 11.5 Å². The maximum atomic E-state index is 16.1. The zero-order chi connectivity index (χ0) is 22.1. The van der Waals surface area contributed by atoms with Gasteiger partial charge in [0.25, 0.3) is 0 Å². The Morgan fingerprint density at radius 2 is 1.73 bits per heavy atom. The summed E-state index contributed by atoms with van der Waals surface area (Å²) in [4.78, 5) is 0. The Morgan fingerprint density at radius 1 is 1.07 bits per heavy atom. The van der Waals surface area contributed by atoms with Gasteiger partial charge in [0.2, 0.25) is 0 Å². The molecular weight excluding hydrogens is 452 g/mol. The molecule has 0 radical (unpaired) electrons. The van der Waals surface area contributed by atoms with Crippen LogP contribution in [-0.4, -0.2) is 21.6 Å². The van der Waals surface area contributed by atoms with Crippen molar-refractivity contribution in [3.8, 4) is 0 Å².